The highest BCUT2D eigenvalue weighted by Gasteiger charge is 2.29. The maximum Gasteiger partial charge on any atom is 0.313 e. The molecule has 1 aliphatic rings. The van der Waals surface area contributed by atoms with E-state index in [2.05, 4.69) is 4.98 Å². The van der Waals surface area contributed by atoms with Gasteiger partial charge >= 0.3 is 5.97 Å². The summed E-state index contributed by atoms with van der Waals surface area (Å²) >= 11 is 0. The van der Waals surface area contributed by atoms with Gasteiger partial charge in [0.2, 0.25) is 0 Å². The standard InChI is InChI=1S/C15H19N3O2/c1-10-13(8-11(16)9-14(10)17)15(19)20-7-5-12-4-2-3-6-18-12/h2-4,6,8-10,13H,5,7,16-17H2,1H3. The van der Waals surface area contributed by atoms with Crippen LogP contribution in [0.2, 0.25) is 0 Å². The zero-order chi connectivity index (χ0) is 14.5. The Labute approximate surface area is 118 Å². The Hall–Kier alpha value is -2.30. The predicted molar refractivity (Wildman–Crippen MR) is 76.1 cm³/mol. The molecule has 5 heteroatoms. The fourth-order valence-electron chi connectivity index (χ4n) is 2.10. The van der Waals surface area contributed by atoms with Crippen LogP contribution in [0.3, 0.4) is 0 Å². The molecule has 2 unspecified atom stereocenters. The summed E-state index contributed by atoms with van der Waals surface area (Å²) in [6, 6.07) is 5.65. The number of rotatable bonds is 4. The number of carbonyl (C=O) groups excluding carboxylic acids is 1. The molecule has 1 aromatic heterocycles. The average Bonchev–Trinajstić information content (AvgIpc) is 2.44. The van der Waals surface area contributed by atoms with Crippen molar-refractivity contribution >= 4 is 5.97 Å². The summed E-state index contributed by atoms with van der Waals surface area (Å²) in [5, 5.41) is 0. The average molecular weight is 273 g/mol. The predicted octanol–water partition coefficient (Wildman–Crippen LogP) is 1.12. The van der Waals surface area contributed by atoms with Gasteiger partial charge in [-0.15, -0.1) is 0 Å². The number of ether oxygens (including phenoxy) is 1. The smallest absolute Gasteiger partial charge is 0.313 e. The summed E-state index contributed by atoms with van der Waals surface area (Å²) in [4.78, 5) is 16.2. The third-order valence-corrected chi connectivity index (χ3v) is 3.37. The van der Waals surface area contributed by atoms with Crippen LogP contribution in [-0.4, -0.2) is 17.6 Å². The number of hydrogen-bond donors (Lipinski definition) is 2. The molecule has 0 saturated heterocycles. The van der Waals surface area contributed by atoms with Crippen LogP contribution in [0.5, 0.6) is 0 Å². The lowest BCUT2D eigenvalue weighted by atomic mass is 9.86. The van der Waals surface area contributed by atoms with Gasteiger partial charge in [-0.2, -0.15) is 0 Å². The largest absolute Gasteiger partial charge is 0.465 e. The van der Waals surface area contributed by atoms with E-state index in [1.54, 1.807) is 18.3 Å². The van der Waals surface area contributed by atoms with Crippen LogP contribution in [0.1, 0.15) is 12.6 Å². The Morgan fingerprint density at radius 2 is 2.20 bits per heavy atom. The molecule has 0 bridgehead atoms. The van der Waals surface area contributed by atoms with Gasteiger partial charge in [-0.3, -0.25) is 9.78 Å². The molecule has 5 nitrogen and oxygen atoms in total. The van der Waals surface area contributed by atoms with Gasteiger partial charge in [0.1, 0.15) is 0 Å². The highest BCUT2D eigenvalue weighted by molar-refractivity contribution is 5.76. The highest BCUT2D eigenvalue weighted by Crippen LogP contribution is 2.25. The van der Waals surface area contributed by atoms with E-state index in [1.165, 1.54) is 0 Å². The van der Waals surface area contributed by atoms with E-state index in [0.717, 1.165) is 5.69 Å². The summed E-state index contributed by atoms with van der Waals surface area (Å²) in [7, 11) is 0. The van der Waals surface area contributed by atoms with Crippen molar-refractivity contribution in [2.45, 2.75) is 13.3 Å². The fourth-order valence-corrected chi connectivity index (χ4v) is 2.10. The normalized spacial score (nSPS) is 21.9. The van der Waals surface area contributed by atoms with E-state index in [4.69, 9.17) is 16.2 Å². The quantitative estimate of drug-likeness (QED) is 0.802. The molecule has 106 valence electrons. The van der Waals surface area contributed by atoms with Gasteiger partial charge in [0.05, 0.1) is 12.5 Å². The van der Waals surface area contributed by atoms with Crippen molar-refractivity contribution in [3.63, 3.8) is 0 Å². The molecule has 4 N–H and O–H groups in total. The summed E-state index contributed by atoms with van der Waals surface area (Å²) in [5.41, 5.74) is 13.6. The molecule has 1 aromatic rings. The first-order valence-electron chi connectivity index (χ1n) is 6.59. The zero-order valence-electron chi connectivity index (χ0n) is 11.5. The van der Waals surface area contributed by atoms with Gasteiger partial charge in [0.25, 0.3) is 0 Å². The van der Waals surface area contributed by atoms with Crippen molar-refractivity contribution < 1.29 is 9.53 Å². The molecular formula is C15H19N3O2. The third-order valence-electron chi connectivity index (χ3n) is 3.37. The van der Waals surface area contributed by atoms with Crippen LogP contribution in [0.4, 0.5) is 0 Å². The van der Waals surface area contributed by atoms with E-state index in [-0.39, 0.29) is 11.9 Å². The highest BCUT2D eigenvalue weighted by atomic mass is 16.5. The van der Waals surface area contributed by atoms with E-state index < -0.39 is 5.92 Å². The van der Waals surface area contributed by atoms with Gasteiger partial charge in [-0.25, -0.2) is 0 Å². The number of esters is 1. The molecule has 0 fully saturated rings. The zero-order valence-corrected chi connectivity index (χ0v) is 11.5. The van der Waals surface area contributed by atoms with Crippen molar-refractivity contribution in [1.29, 1.82) is 0 Å². The van der Waals surface area contributed by atoms with Gasteiger partial charge < -0.3 is 16.2 Å². The molecular weight excluding hydrogens is 254 g/mol. The first kappa shape index (κ1) is 14.1. The molecule has 2 atom stereocenters. The minimum absolute atomic E-state index is 0.0929. The second kappa shape index (κ2) is 6.23. The Morgan fingerprint density at radius 1 is 1.40 bits per heavy atom. The first-order valence-corrected chi connectivity index (χ1v) is 6.59. The monoisotopic (exact) mass is 273 g/mol. The molecule has 0 saturated carbocycles. The molecule has 0 aliphatic heterocycles. The molecule has 1 aliphatic carbocycles. The van der Waals surface area contributed by atoms with Gasteiger partial charge in [0.15, 0.2) is 0 Å². The summed E-state index contributed by atoms with van der Waals surface area (Å²) in [6.45, 7) is 2.19. The lowest BCUT2D eigenvalue weighted by molar-refractivity contribution is -0.147. The van der Waals surface area contributed by atoms with Crippen LogP contribution in [0.15, 0.2) is 47.9 Å². The summed E-state index contributed by atoms with van der Waals surface area (Å²) in [6.07, 6.45) is 5.69. The second-order valence-electron chi connectivity index (χ2n) is 4.86. The van der Waals surface area contributed by atoms with E-state index >= 15 is 0 Å². The first-order chi connectivity index (χ1) is 9.58. The number of nitrogens with two attached hydrogens (primary N) is 2. The van der Waals surface area contributed by atoms with Crippen molar-refractivity contribution in [3.8, 4) is 0 Å². The Balaban J connectivity index is 1.88. The number of pyridine rings is 1. The number of hydrogen-bond acceptors (Lipinski definition) is 5. The Morgan fingerprint density at radius 3 is 2.90 bits per heavy atom. The van der Waals surface area contributed by atoms with Gasteiger partial charge in [0, 0.05) is 35.6 Å². The number of allylic oxidation sites excluding steroid dienone is 2. The van der Waals surface area contributed by atoms with Crippen molar-refractivity contribution in [1.82, 2.24) is 4.98 Å². The molecule has 20 heavy (non-hydrogen) atoms. The maximum absolute atomic E-state index is 12.1. The SMILES string of the molecule is CC1C(N)=CC(N)=CC1C(=O)OCCc1ccccn1. The van der Waals surface area contributed by atoms with E-state index in [9.17, 15) is 4.79 Å². The maximum atomic E-state index is 12.1. The van der Waals surface area contributed by atoms with Crippen molar-refractivity contribution in [2.24, 2.45) is 23.3 Å². The number of carbonyl (C=O) groups is 1. The minimum atomic E-state index is -0.413. The molecule has 2 rings (SSSR count). The third kappa shape index (κ3) is 3.38. The van der Waals surface area contributed by atoms with E-state index in [1.807, 2.05) is 25.1 Å². The topological polar surface area (TPSA) is 91.2 Å². The second-order valence-corrected chi connectivity index (χ2v) is 4.86. The molecule has 0 amide bonds. The van der Waals surface area contributed by atoms with Crippen molar-refractivity contribution in [3.05, 3.63) is 53.6 Å². The van der Waals surface area contributed by atoms with Crippen LogP contribution in [0, 0.1) is 11.8 Å². The van der Waals surface area contributed by atoms with Crippen LogP contribution >= 0.6 is 0 Å². The lowest BCUT2D eigenvalue weighted by Crippen LogP contribution is -2.30. The van der Waals surface area contributed by atoms with Gasteiger partial charge in [-0.05, 0) is 24.3 Å². The molecule has 0 aromatic carbocycles. The van der Waals surface area contributed by atoms with Crippen LogP contribution < -0.4 is 11.5 Å². The molecule has 1 heterocycles. The lowest BCUT2D eigenvalue weighted by Gasteiger charge is -2.24. The van der Waals surface area contributed by atoms with E-state index in [0.29, 0.717) is 24.4 Å². The number of nitrogens with zero attached hydrogens (tertiary/aromatic N) is 1. The fraction of sp³-hybridized carbons (Fsp3) is 0.333. The van der Waals surface area contributed by atoms with Crippen LogP contribution in [-0.2, 0) is 16.0 Å². The molecule has 0 radical (unpaired) electrons. The Kier molecular flexibility index (Phi) is 4.40. The molecule has 0 spiro atoms. The minimum Gasteiger partial charge on any atom is -0.465 e. The van der Waals surface area contributed by atoms with Crippen LogP contribution in [0.25, 0.3) is 0 Å². The summed E-state index contributed by atoms with van der Waals surface area (Å²) < 4.78 is 5.29. The van der Waals surface area contributed by atoms with Gasteiger partial charge in [-0.1, -0.05) is 13.0 Å². The van der Waals surface area contributed by atoms with Crippen molar-refractivity contribution in [2.75, 3.05) is 6.61 Å². The summed E-state index contributed by atoms with van der Waals surface area (Å²) in [5.74, 6) is -0.805. The number of aromatic nitrogens is 1. The Bertz CT molecular complexity index is 537.